The summed E-state index contributed by atoms with van der Waals surface area (Å²) in [7, 11) is 0. The van der Waals surface area contributed by atoms with Gasteiger partial charge in [-0.3, -0.25) is 0 Å². The SMILES string of the molecule is CC1=CC(C)C(c2c(C(OC(C)(C)C)C(=O)O)c(C)nc3cc(-c4ccccc4)nn23)C(C)=C1. The number of aromatic nitrogens is 3. The van der Waals surface area contributed by atoms with Crippen LogP contribution < -0.4 is 0 Å². The minimum absolute atomic E-state index is 0.0585. The van der Waals surface area contributed by atoms with Crippen molar-refractivity contribution >= 4 is 11.6 Å². The van der Waals surface area contributed by atoms with Crippen molar-refractivity contribution in [3.63, 3.8) is 0 Å². The van der Waals surface area contributed by atoms with Gasteiger partial charge in [-0.2, -0.15) is 5.10 Å². The predicted molar refractivity (Wildman–Crippen MR) is 134 cm³/mol. The second-order valence-corrected chi connectivity index (χ2v) is 10.2. The monoisotopic (exact) mass is 459 g/mol. The van der Waals surface area contributed by atoms with Gasteiger partial charge >= 0.3 is 5.97 Å². The molecule has 3 unspecified atom stereocenters. The van der Waals surface area contributed by atoms with E-state index in [9.17, 15) is 9.90 Å². The van der Waals surface area contributed by atoms with Gasteiger partial charge < -0.3 is 9.84 Å². The van der Waals surface area contributed by atoms with E-state index >= 15 is 0 Å². The van der Waals surface area contributed by atoms with Gasteiger partial charge in [0, 0.05) is 28.8 Å². The van der Waals surface area contributed by atoms with Gasteiger partial charge in [-0.15, -0.1) is 0 Å². The summed E-state index contributed by atoms with van der Waals surface area (Å²) in [6.45, 7) is 13.8. The van der Waals surface area contributed by atoms with Gasteiger partial charge in [-0.05, 0) is 47.5 Å². The average Bonchev–Trinajstić information content (AvgIpc) is 3.15. The van der Waals surface area contributed by atoms with Crippen molar-refractivity contribution in [3.8, 4) is 11.3 Å². The molecule has 6 nitrogen and oxygen atoms in total. The van der Waals surface area contributed by atoms with Crippen molar-refractivity contribution in [2.75, 3.05) is 0 Å². The summed E-state index contributed by atoms with van der Waals surface area (Å²) in [6.07, 6.45) is 3.23. The molecule has 1 aliphatic rings. The normalized spacial score (nSPS) is 19.6. The lowest BCUT2D eigenvalue weighted by molar-refractivity contribution is -0.161. The van der Waals surface area contributed by atoms with Crippen LogP contribution in [0.15, 0.2) is 59.7 Å². The number of aryl methyl sites for hydroxylation is 1. The third kappa shape index (κ3) is 4.55. The van der Waals surface area contributed by atoms with Crippen LogP contribution >= 0.6 is 0 Å². The zero-order valence-electron chi connectivity index (χ0n) is 21.0. The second-order valence-electron chi connectivity index (χ2n) is 10.2. The zero-order chi connectivity index (χ0) is 24.8. The van der Waals surface area contributed by atoms with Crippen LogP contribution in [-0.4, -0.2) is 31.3 Å². The van der Waals surface area contributed by atoms with Gasteiger partial charge in [0.25, 0.3) is 0 Å². The lowest BCUT2D eigenvalue weighted by Crippen LogP contribution is -2.31. The smallest absolute Gasteiger partial charge is 0.337 e. The molecule has 1 aliphatic carbocycles. The van der Waals surface area contributed by atoms with E-state index in [-0.39, 0.29) is 11.8 Å². The number of hydrogen-bond acceptors (Lipinski definition) is 4. The van der Waals surface area contributed by atoms with Crippen LogP contribution in [0, 0.1) is 12.8 Å². The molecule has 1 aromatic carbocycles. The molecule has 0 radical (unpaired) electrons. The number of carboxylic acid groups (broad SMARTS) is 1. The summed E-state index contributed by atoms with van der Waals surface area (Å²) in [5.74, 6) is -0.938. The maximum atomic E-state index is 12.5. The van der Waals surface area contributed by atoms with Crippen LogP contribution in [0.25, 0.3) is 16.9 Å². The Hall–Kier alpha value is -3.25. The van der Waals surface area contributed by atoms with Crippen LogP contribution in [0.5, 0.6) is 0 Å². The standard InChI is InChI=1S/C28H33N3O3/c1-16-13-17(2)23(18(3)14-16)25-24(26(27(32)33)34-28(5,6)7)19(4)29-22-15-21(30-31(22)25)20-11-9-8-10-12-20/h8-15,17,23,26H,1-7H3,(H,32,33). The summed E-state index contributed by atoms with van der Waals surface area (Å²) in [5, 5.41) is 15.2. The summed E-state index contributed by atoms with van der Waals surface area (Å²) in [5.41, 5.74) is 6.24. The number of aliphatic carboxylic acids is 1. The van der Waals surface area contributed by atoms with Gasteiger partial charge in [0.1, 0.15) is 0 Å². The van der Waals surface area contributed by atoms with Crippen molar-refractivity contribution in [1.29, 1.82) is 0 Å². The molecular formula is C28H33N3O3. The highest BCUT2D eigenvalue weighted by Crippen LogP contribution is 2.42. The van der Waals surface area contributed by atoms with Gasteiger partial charge in [0.2, 0.25) is 0 Å². The number of ether oxygens (including phenoxy) is 1. The van der Waals surface area contributed by atoms with Crippen LogP contribution in [0.2, 0.25) is 0 Å². The van der Waals surface area contributed by atoms with Crippen molar-refractivity contribution in [1.82, 2.24) is 14.6 Å². The van der Waals surface area contributed by atoms with E-state index in [2.05, 4.69) is 32.9 Å². The van der Waals surface area contributed by atoms with E-state index in [1.165, 1.54) is 5.57 Å². The molecule has 1 N–H and O–H groups in total. The van der Waals surface area contributed by atoms with Crippen molar-refractivity contribution < 1.29 is 14.6 Å². The van der Waals surface area contributed by atoms with Crippen LogP contribution in [0.4, 0.5) is 0 Å². The molecule has 6 heteroatoms. The Balaban J connectivity index is 2.04. The number of fused-ring (bicyclic) bond motifs is 1. The average molecular weight is 460 g/mol. The molecule has 34 heavy (non-hydrogen) atoms. The number of allylic oxidation sites excluding steroid dienone is 4. The largest absolute Gasteiger partial charge is 0.479 e. The Morgan fingerprint density at radius 3 is 2.41 bits per heavy atom. The number of nitrogens with zero attached hydrogens (tertiary/aromatic N) is 3. The fraction of sp³-hybridized carbons (Fsp3) is 0.393. The molecule has 0 saturated heterocycles. The Labute approximate surface area is 201 Å². The topological polar surface area (TPSA) is 76.7 Å². The van der Waals surface area contributed by atoms with E-state index in [0.717, 1.165) is 22.5 Å². The highest BCUT2D eigenvalue weighted by Gasteiger charge is 2.37. The molecule has 0 bridgehead atoms. The molecule has 0 spiro atoms. The molecule has 178 valence electrons. The molecule has 3 aromatic rings. The van der Waals surface area contributed by atoms with Gasteiger partial charge in [0.05, 0.1) is 17.0 Å². The first kappa shape index (κ1) is 23.9. The Kier molecular flexibility index (Phi) is 6.21. The molecule has 0 aliphatic heterocycles. The summed E-state index contributed by atoms with van der Waals surface area (Å²) in [6, 6.07) is 11.9. The molecule has 2 heterocycles. The number of hydrogen-bond donors (Lipinski definition) is 1. The van der Waals surface area contributed by atoms with Crippen molar-refractivity contribution in [3.05, 3.63) is 76.6 Å². The highest BCUT2D eigenvalue weighted by atomic mass is 16.5. The van der Waals surface area contributed by atoms with Gasteiger partial charge in [0.15, 0.2) is 11.8 Å². The lowest BCUT2D eigenvalue weighted by Gasteiger charge is -2.33. The van der Waals surface area contributed by atoms with E-state index in [1.807, 2.05) is 68.6 Å². The Bertz CT molecular complexity index is 1300. The van der Waals surface area contributed by atoms with E-state index in [1.54, 1.807) is 0 Å². The molecule has 0 saturated carbocycles. The molecule has 2 aromatic heterocycles. The summed E-state index contributed by atoms with van der Waals surface area (Å²) < 4.78 is 7.95. The fourth-order valence-corrected chi connectivity index (χ4v) is 5.01. The molecule has 0 fully saturated rings. The van der Waals surface area contributed by atoms with Crippen molar-refractivity contribution in [2.45, 2.75) is 66.1 Å². The molecule has 4 rings (SSSR count). The maximum Gasteiger partial charge on any atom is 0.337 e. The summed E-state index contributed by atoms with van der Waals surface area (Å²) in [4.78, 5) is 17.3. The van der Waals surface area contributed by atoms with Gasteiger partial charge in [-0.25, -0.2) is 14.3 Å². The first-order chi connectivity index (χ1) is 16.0. The van der Waals surface area contributed by atoms with Crippen LogP contribution in [0.1, 0.15) is 70.5 Å². The fourth-order valence-electron chi connectivity index (χ4n) is 5.01. The van der Waals surface area contributed by atoms with E-state index in [4.69, 9.17) is 14.8 Å². The predicted octanol–water partition coefficient (Wildman–Crippen LogP) is 6.27. The number of benzene rings is 1. The van der Waals surface area contributed by atoms with Gasteiger partial charge in [-0.1, -0.05) is 60.6 Å². The molecule has 3 atom stereocenters. The van der Waals surface area contributed by atoms with Crippen LogP contribution in [-0.2, 0) is 9.53 Å². The second kappa shape index (κ2) is 8.84. The minimum Gasteiger partial charge on any atom is -0.479 e. The zero-order valence-corrected chi connectivity index (χ0v) is 21.0. The van der Waals surface area contributed by atoms with E-state index in [0.29, 0.717) is 16.9 Å². The first-order valence-corrected chi connectivity index (χ1v) is 11.7. The Morgan fingerprint density at radius 2 is 1.82 bits per heavy atom. The van der Waals surface area contributed by atoms with Crippen LogP contribution in [0.3, 0.4) is 0 Å². The maximum absolute atomic E-state index is 12.5. The minimum atomic E-state index is -1.16. The summed E-state index contributed by atoms with van der Waals surface area (Å²) >= 11 is 0. The number of carbonyl (C=O) groups is 1. The first-order valence-electron chi connectivity index (χ1n) is 11.7. The molecular weight excluding hydrogens is 426 g/mol. The van der Waals surface area contributed by atoms with E-state index < -0.39 is 17.7 Å². The molecule has 0 amide bonds. The number of rotatable bonds is 5. The lowest BCUT2D eigenvalue weighted by atomic mass is 9.77. The third-order valence-corrected chi connectivity index (χ3v) is 6.19. The quantitative estimate of drug-likeness (QED) is 0.486. The van der Waals surface area contributed by atoms with Crippen molar-refractivity contribution in [2.24, 2.45) is 5.92 Å². The Morgan fingerprint density at radius 1 is 1.15 bits per heavy atom. The number of carboxylic acids is 1. The third-order valence-electron chi connectivity index (χ3n) is 6.19. The highest BCUT2D eigenvalue weighted by molar-refractivity contribution is 5.76.